The van der Waals surface area contributed by atoms with E-state index in [0.29, 0.717) is 22.6 Å². The molecule has 0 unspecified atom stereocenters. The van der Waals surface area contributed by atoms with Gasteiger partial charge in [-0.1, -0.05) is 0 Å². The molecule has 0 bridgehead atoms. The second kappa shape index (κ2) is 4.40. The molecular weight excluding hydrogens is 229 g/mol. The Balaban J connectivity index is 2.40. The minimum absolute atomic E-state index is 0.189. The maximum atomic E-state index is 13.4. The lowest BCUT2D eigenvalue weighted by Gasteiger charge is -2.02. The van der Waals surface area contributed by atoms with Gasteiger partial charge in [-0.3, -0.25) is 4.79 Å². The lowest BCUT2D eigenvalue weighted by Crippen LogP contribution is -1.88. The van der Waals surface area contributed by atoms with Gasteiger partial charge < -0.3 is 4.74 Å². The van der Waals surface area contributed by atoms with Gasteiger partial charge in [-0.25, -0.2) is 9.37 Å². The third-order valence-corrected chi connectivity index (χ3v) is 2.84. The lowest BCUT2D eigenvalue weighted by atomic mass is 10.1. The molecule has 0 atom stereocenters. The van der Waals surface area contributed by atoms with Gasteiger partial charge in [0.25, 0.3) is 0 Å². The first-order valence-electron chi connectivity index (χ1n) is 4.49. The number of methoxy groups -OCH3 is 1. The molecule has 0 aliphatic carbocycles. The van der Waals surface area contributed by atoms with Crippen LogP contribution in [-0.4, -0.2) is 18.4 Å². The zero-order valence-electron chi connectivity index (χ0n) is 8.44. The number of carbonyl (C=O) groups is 1. The van der Waals surface area contributed by atoms with Crippen LogP contribution in [0.5, 0.6) is 5.75 Å². The standard InChI is InChI=1S/C11H8FNO2S/c1-15-10-3-2-7(4-8(10)12)9-6-16-11(5-14)13-9/h2-6H,1H3. The van der Waals surface area contributed by atoms with Crippen LogP contribution in [0.1, 0.15) is 9.80 Å². The van der Waals surface area contributed by atoms with Gasteiger partial charge in [-0.05, 0) is 18.2 Å². The van der Waals surface area contributed by atoms with Gasteiger partial charge in [0.05, 0.1) is 12.8 Å². The Kier molecular flexibility index (Phi) is 2.96. The van der Waals surface area contributed by atoms with E-state index in [1.165, 1.54) is 30.6 Å². The van der Waals surface area contributed by atoms with Crippen molar-refractivity contribution in [3.8, 4) is 17.0 Å². The summed E-state index contributed by atoms with van der Waals surface area (Å²) in [5, 5.41) is 2.09. The molecule has 0 fully saturated rings. The van der Waals surface area contributed by atoms with Gasteiger partial charge in [-0.2, -0.15) is 0 Å². The zero-order valence-corrected chi connectivity index (χ0v) is 9.25. The molecule has 3 nitrogen and oxygen atoms in total. The Labute approximate surface area is 95.5 Å². The van der Waals surface area contributed by atoms with Gasteiger partial charge >= 0.3 is 0 Å². The van der Waals surface area contributed by atoms with Gasteiger partial charge in [0.2, 0.25) is 0 Å². The number of nitrogens with zero attached hydrogens (tertiary/aromatic N) is 1. The average molecular weight is 237 g/mol. The van der Waals surface area contributed by atoms with Crippen molar-refractivity contribution in [3.05, 3.63) is 34.4 Å². The summed E-state index contributed by atoms with van der Waals surface area (Å²) >= 11 is 1.23. The van der Waals surface area contributed by atoms with Crippen molar-refractivity contribution in [2.24, 2.45) is 0 Å². The van der Waals surface area contributed by atoms with Crippen LogP contribution in [0.2, 0.25) is 0 Å². The molecule has 2 rings (SSSR count). The minimum atomic E-state index is -0.444. The van der Waals surface area contributed by atoms with Crippen LogP contribution in [0.4, 0.5) is 4.39 Å². The predicted octanol–water partition coefficient (Wildman–Crippen LogP) is 2.77. The molecule has 0 N–H and O–H groups in total. The number of ether oxygens (including phenoxy) is 1. The van der Waals surface area contributed by atoms with Crippen molar-refractivity contribution in [3.63, 3.8) is 0 Å². The molecule has 0 amide bonds. The minimum Gasteiger partial charge on any atom is -0.494 e. The summed E-state index contributed by atoms with van der Waals surface area (Å²) in [7, 11) is 1.41. The second-order valence-corrected chi connectivity index (χ2v) is 3.93. The molecule has 16 heavy (non-hydrogen) atoms. The van der Waals surface area contributed by atoms with Crippen molar-refractivity contribution in [2.45, 2.75) is 0 Å². The Bertz CT molecular complexity index is 524. The molecule has 0 radical (unpaired) electrons. The number of aromatic nitrogens is 1. The Morgan fingerprint density at radius 1 is 1.50 bits per heavy atom. The average Bonchev–Trinajstić information content (AvgIpc) is 2.77. The third kappa shape index (κ3) is 1.94. The summed E-state index contributed by atoms with van der Waals surface area (Å²) in [5.41, 5.74) is 1.22. The fourth-order valence-electron chi connectivity index (χ4n) is 1.30. The fraction of sp³-hybridized carbons (Fsp3) is 0.0909. The van der Waals surface area contributed by atoms with Crippen molar-refractivity contribution in [1.29, 1.82) is 0 Å². The summed E-state index contributed by atoms with van der Waals surface area (Å²) in [4.78, 5) is 14.5. The number of thiazole rings is 1. The van der Waals surface area contributed by atoms with E-state index >= 15 is 0 Å². The van der Waals surface area contributed by atoms with Crippen LogP contribution >= 0.6 is 11.3 Å². The highest BCUT2D eigenvalue weighted by Crippen LogP contribution is 2.26. The number of aldehydes is 1. The third-order valence-electron chi connectivity index (χ3n) is 2.07. The van der Waals surface area contributed by atoms with Gasteiger partial charge in [0.15, 0.2) is 22.9 Å². The van der Waals surface area contributed by atoms with Crippen LogP contribution < -0.4 is 4.74 Å². The van der Waals surface area contributed by atoms with E-state index in [0.717, 1.165) is 0 Å². The number of hydrogen-bond donors (Lipinski definition) is 0. The maximum absolute atomic E-state index is 13.4. The van der Waals surface area contributed by atoms with E-state index in [4.69, 9.17) is 4.74 Å². The first-order chi connectivity index (χ1) is 7.74. The van der Waals surface area contributed by atoms with Crippen molar-refractivity contribution in [1.82, 2.24) is 4.98 Å². The van der Waals surface area contributed by atoms with Crippen molar-refractivity contribution in [2.75, 3.05) is 7.11 Å². The molecule has 1 aromatic heterocycles. The molecular formula is C11H8FNO2S. The first-order valence-corrected chi connectivity index (χ1v) is 5.37. The molecule has 0 aliphatic heterocycles. The van der Waals surface area contributed by atoms with Gasteiger partial charge in [-0.15, -0.1) is 11.3 Å². The Morgan fingerprint density at radius 3 is 2.88 bits per heavy atom. The molecule has 0 saturated carbocycles. The lowest BCUT2D eigenvalue weighted by molar-refractivity contribution is 0.112. The van der Waals surface area contributed by atoms with E-state index in [-0.39, 0.29) is 5.75 Å². The molecule has 2 aromatic rings. The number of hydrogen-bond acceptors (Lipinski definition) is 4. The molecule has 5 heteroatoms. The van der Waals surface area contributed by atoms with Crippen LogP contribution in [0.3, 0.4) is 0 Å². The molecule has 0 spiro atoms. The van der Waals surface area contributed by atoms with Gasteiger partial charge in [0.1, 0.15) is 0 Å². The zero-order chi connectivity index (χ0) is 11.5. The van der Waals surface area contributed by atoms with Crippen LogP contribution in [-0.2, 0) is 0 Å². The SMILES string of the molecule is COc1ccc(-c2csc(C=O)n2)cc1F. The summed E-state index contributed by atoms with van der Waals surface area (Å²) in [5.74, 6) is -0.254. The smallest absolute Gasteiger partial charge is 0.178 e. The second-order valence-electron chi connectivity index (χ2n) is 3.04. The fourth-order valence-corrected chi connectivity index (χ4v) is 1.93. The van der Waals surface area contributed by atoms with E-state index < -0.39 is 5.82 Å². The Hall–Kier alpha value is -1.75. The van der Waals surface area contributed by atoms with E-state index in [2.05, 4.69) is 4.98 Å². The summed E-state index contributed by atoms with van der Waals surface area (Å²) in [6, 6.07) is 4.57. The van der Waals surface area contributed by atoms with E-state index in [9.17, 15) is 9.18 Å². The van der Waals surface area contributed by atoms with Crippen LogP contribution in [0.15, 0.2) is 23.6 Å². The highest BCUT2D eigenvalue weighted by molar-refractivity contribution is 7.11. The van der Waals surface area contributed by atoms with Crippen LogP contribution in [0, 0.1) is 5.82 Å². The highest BCUT2D eigenvalue weighted by atomic mass is 32.1. The monoisotopic (exact) mass is 237 g/mol. The molecule has 0 aliphatic rings. The molecule has 82 valence electrons. The maximum Gasteiger partial charge on any atom is 0.178 e. The number of carbonyl (C=O) groups excluding carboxylic acids is 1. The number of halogens is 1. The van der Waals surface area contributed by atoms with Gasteiger partial charge in [0, 0.05) is 10.9 Å². The normalized spacial score (nSPS) is 10.1. The van der Waals surface area contributed by atoms with E-state index in [1.54, 1.807) is 11.4 Å². The first kappa shape index (κ1) is 10.8. The molecule has 1 aromatic carbocycles. The summed E-state index contributed by atoms with van der Waals surface area (Å²) in [6.07, 6.45) is 0.675. The number of benzene rings is 1. The summed E-state index contributed by atoms with van der Waals surface area (Å²) in [6.45, 7) is 0. The quantitative estimate of drug-likeness (QED) is 0.770. The largest absolute Gasteiger partial charge is 0.494 e. The van der Waals surface area contributed by atoms with Crippen molar-refractivity contribution < 1.29 is 13.9 Å². The predicted molar refractivity (Wildman–Crippen MR) is 59.4 cm³/mol. The highest BCUT2D eigenvalue weighted by Gasteiger charge is 2.08. The van der Waals surface area contributed by atoms with Crippen molar-refractivity contribution >= 4 is 17.6 Å². The Morgan fingerprint density at radius 2 is 2.31 bits per heavy atom. The van der Waals surface area contributed by atoms with E-state index in [1.807, 2.05) is 0 Å². The van der Waals surface area contributed by atoms with Crippen LogP contribution in [0.25, 0.3) is 11.3 Å². The topological polar surface area (TPSA) is 39.2 Å². The summed E-state index contributed by atoms with van der Waals surface area (Å²) < 4.78 is 18.2. The molecule has 0 saturated heterocycles. The number of rotatable bonds is 3. The molecule has 1 heterocycles.